The Morgan fingerprint density at radius 2 is 0.952 bits per heavy atom. The monoisotopic (exact) mass is 557 g/mol. The summed E-state index contributed by atoms with van der Waals surface area (Å²) in [4.78, 5) is 38.7. The highest BCUT2D eigenvalue weighted by molar-refractivity contribution is 5.76. The quantitative estimate of drug-likeness (QED) is 0.142. The molecule has 6 aromatic rings. The van der Waals surface area contributed by atoms with Crippen LogP contribution in [0.2, 0.25) is 0 Å². The second-order valence-corrected chi connectivity index (χ2v) is 10.4. The predicted octanol–water partition coefficient (Wildman–Crippen LogP) is 6.90. The van der Waals surface area contributed by atoms with E-state index in [4.69, 9.17) is 8.83 Å². The molecule has 42 heavy (non-hydrogen) atoms. The van der Waals surface area contributed by atoms with Crippen molar-refractivity contribution in [1.82, 2.24) is 0 Å². The zero-order valence-corrected chi connectivity index (χ0v) is 22.6. The summed E-state index contributed by atoms with van der Waals surface area (Å²) in [6.45, 7) is 0. The molecule has 4 aromatic carbocycles. The van der Waals surface area contributed by atoms with Crippen molar-refractivity contribution in [3.05, 3.63) is 175 Å². The lowest BCUT2D eigenvalue weighted by atomic mass is 9.76. The highest BCUT2D eigenvalue weighted by Crippen LogP contribution is 2.37. The van der Waals surface area contributed by atoms with E-state index >= 15 is 0 Å². The lowest BCUT2D eigenvalue weighted by Crippen LogP contribution is -2.36. The number of rotatable bonds is 9. The Morgan fingerprint density at radius 3 is 1.36 bits per heavy atom. The Labute approximate surface area is 240 Å². The first kappa shape index (κ1) is 26.9. The van der Waals surface area contributed by atoms with Crippen LogP contribution < -0.4 is 10.9 Å². The Balaban J connectivity index is 1.48. The molecule has 0 radical (unpaired) electrons. The fourth-order valence-corrected chi connectivity index (χ4v) is 5.79. The Bertz CT molecular complexity index is 1840. The molecule has 0 saturated heterocycles. The molecule has 2 atom stereocenters. The van der Waals surface area contributed by atoms with Gasteiger partial charge in [-0.25, -0.2) is 0 Å². The third kappa shape index (κ3) is 5.49. The molecule has 0 unspecified atom stereocenters. The first-order chi connectivity index (χ1) is 20.5. The van der Waals surface area contributed by atoms with Gasteiger partial charge in [-0.2, -0.15) is 0 Å². The summed E-state index contributed by atoms with van der Waals surface area (Å²) in [7, 11) is 0. The first-order valence-electron chi connectivity index (χ1n) is 13.7. The van der Waals surface area contributed by atoms with E-state index in [1.54, 1.807) is 48.5 Å². The zero-order valence-electron chi connectivity index (χ0n) is 22.6. The van der Waals surface area contributed by atoms with Gasteiger partial charge in [-0.15, -0.1) is 0 Å². The lowest BCUT2D eigenvalue weighted by Gasteiger charge is -2.28. The van der Waals surface area contributed by atoms with Crippen molar-refractivity contribution in [3.8, 4) is 0 Å². The number of para-hydroxylation sites is 2. The minimum absolute atomic E-state index is 0.126. The molecule has 208 valence electrons. The van der Waals surface area contributed by atoms with Crippen LogP contribution in [0.15, 0.2) is 140 Å². The SMILES string of the molecule is O=c1cc(C[C@@H](c2ccccc2)C([C@@H](Cc2cc(=O)c3ccccc3o2)c2ccccc2)[N+](=O)[O-])oc2ccccc12. The molecule has 0 aliphatic rings. The van der Waals surface area contributed by atoms with Gasteiger partial charge in [0.25, 0.3) is 0 Å². The van der Waals surface area contributed by atoms with Crippen LogP contribution in [0.25, 0.3) is 21.9 Å². The van der Waals surface area contributed by atoms with Gasteiger partial charge in [0, 0.05) is 29.9 Å². The lowest BCUT2D eigenvalue weighted by molar-refractivity contribution is -0.531. The van der Waals surface area contributed by atoms with Crippen LogP contribution in [0.4, 0.5) is 0 Å². The Hall–Kier alpha value is -5.30. The maximum absolute atomic E-state index is 13.1. The zero-order chi connectivity index (χ0) is 29.1. The molecule has 2 heterocycles. The minimum atomic E-state index is -1.15. The van der Waals surface area contributed by atoms with Gasteiger partial charge in [-0.1, -0.05) is 84.9 Å². The highest BCUT2D eigenvalue weighted by atomic mass is 16.6. The standard InChI is InChI=1S/C35H27NO6/c37-31-21-25(41-33-17-9-7-15-27(31)33)19-29(23-11-3-1-4-12-23)35(36(39)40)30(24-13-5-2-6-14-24)20-26-22-32(38)28-16-8-10-18-34(28)42-26/h1-18,21-22,29-30,35H,19-20H2/t29-,30-/m0/s1. The third-order valence-corrected chi connectivity index (χ3v) is 7.74. The average Bonchev–Trinajstić information content (AvgIpc) is 3.01. The highest BCUT2D eigenvalue weighted by Gasteiger charge is 2.42. The predicted molar refractivity (Wildman–Crippen MR) is 162 cm³/mol. The molecule has 0 fully saturated rings. The van der Waals surface area contributed by atoms with Gasteiger partial charge in [0.2, 0.25) is 6.04 Å². The van der Waals surface area contributed by atoms with Crippen LogP contribution >= 0.6 is 0 Å². The van der Waals surface area contributed by atoms with E-state index in [1.165, 1.54) is 12.1 Å². The molecule has 7 heteroatoms. The van der Waals surface area contributed by atoms with Gasteiger partial charge in [0.15, 0.2) is 10.9 Å². The van der Waals surface area contributed by atoms with Crippen molar-refractivity contribution in [2.24, 2.45) is 0 Å². The Kier molecular flexibility index (Phi) is 7.47. The second-order valence-electron chi connectivity index (χ2n) is 10.4. The topological polar surface area (TPSA) is 104 Å². The Morgan fingerprint density at radius 1 is 0.571 bits per heavy atom. The second kappa shape index (κ2) is 11.7. The van der Waals surface area contributed by atoms with E-state index in [1.807, 2.05) is 60.7 Å². The number of nitro groups is 1. The van der Waals surface area contributed by atoms with E-state index in [2.05, 4.69) is 0 Å². The average molecular weight is 558 g/mol. The molecule has 7 nitrogen and oxygen atoms in total. The summed E-state index contributed by atoms with van der Waals surface area (Å²) >= 11 is 0. The summed E-state index contributed by atoms with van der Waals surface area (Å²) < 4.78 is 12.2. The van der Waals surface area contributed by atoms with Gasteiger partial charge in [0.05, 0.1) is 22.6 Å². The van der Waals surface area contributed by atoms with Gasteiger partial charge >= 0.3 is 0 Å². The maximum Gasteiger partial charge on any atom is 0.227 e. The number of hydrogen-bond acceptors (Lipinski definition) is 6. The summed E-state index contributed by atoms with van der Waals surface area (Å²) in [5, 5.41) is 14.0. The molecular formula is C35H27NO6. The molecule has 0 aliphatic heterocycles. The normalized spacial score (nSPS) is 12.9. The van der Waals surface area contributed by atoms with E-state index in [-0.39, 0.29) is 28.6 Å². The smallest absolute Gasteiger partial charge is 0.227 e. The fraction of sp³-hybridized carbons (Fsp3) is 0.143. The fourth-order valence-electron chi connectivity index (χ4n) is 5.79. The van der Waals surface area contributed by atoms with E-state index in [0.717, 1.165) is 11.1 Å². The van der Waals surface area contributed by atoms with Crippen molar-refractivity contribution < 1.29 is 13.8 Å². The van der Waals surface area contributed by atoms with Crippen LogP contribution in [0.3, 0.4) is 0 Å². The molecular weight excluding hydrogens is 530 g/mol. The molecule has 0 saturated carbocycles. The van der Waals surface area contributed by atoms with Gasteiger partial charge in [0.1, 0.15) is 22.7 Å². The van der Waals surface area contributed by atoms with Gasteiger partial charge in [-0.3, -0.25) is 19.7 Å². The van der Waals surface area contributed by atoms with Gasteiger partial charge in [-0.05, 0) is 35.4 Å². The van der Waals surface area contributed by atoms with Crippen molar-refractivity contribution >= 4 is 21.9 Å². The van der Waals surface area contributed by atoms with Crippen LogP contribution in [0, 0.1) is 10.1 Å². The van der Waals surface area contributed by atoms with Crippen LogP contribution in [-0.2, 0) is 12.8 Å². The first-order valence-corrected chi connectivity index (χ1v) is 13.7. The largest absolute Gasteiger partial charge is 0.461 e. The summed E-state index contributed by atoms with van der Waals surface area (Å²) in [5.74, 6) is -0.599. The van der Waals surface area contributed by atoms with Crippen LogP contribution in [0.1, 0.15) is 34.5 Å². The van der Waals surface area contributed by atoms with E-state index < -0.39 is 17.9 Å². The van der Waals surface area contributed by atoms with Crippen molar-refractivity contribution in [3.63, 3.8) is 0 Å². The summed E-state index contributed by atoms with van der Waals surface area (Å²) in [6, 6.07) is 34.2. The van der Waals surface area contributed by atoms with Crippen molar-refractivity contribution in [1.29, 1.82) is 0 Å². The minimum Gasteiger partial charge on any atom is -0.461 e. The number of benzene rings is 4. The van der Waals surface area contributed by atoms with Crippen molar-refractivity contribution in [2.75, 3.05) is 0 Å². The molecule has 0 bridgehead atoms. The molecule has 0 amide bonds. The molecule has 0 spiro atoms. The molecule has 6 rings (SSSR count). The summed E-state index contributed by atoms with van der Waals surface area (Å²) in [6.07, 6.45) is 0.251. The molecule has 0 aliphatic carbocycles. The maximum atomic E-state index is 13.1. The third-order valence-electron chi connectivity index (χ3n) is 7.74. The van der Waals surface area contributed by atoms with E-state index in [9.17, 15) is 19.7 Å². The van der Waals surface area contributed by atoms with Crippen LogP contribution in [0.5, 0.6) is 0 Å². The van der Waals surface area contributed by atoms with Gasteiger partial charge < -0.3 is 8.83 Å². The van der Waals surface area contributed by atoms with Crippen molar-refractivity contribution in [2.45, 2.75) is 30.7 Å². The molecule has 0 N–H and O–H groups in total. The summed E-state index contributed by atoms with van der Waals surface area (Å²) in [5.41, 5.74) is 1.96. The van der Waals surface area contributed by atoms with Crippen LogP contribution in [-0.4, -0.2) is 11.0 Å². The number of fused-ring (bicyclic) bond motifs is 2. The number of hydrogen-bond donors (Lipinski definition) is 0. The number of nitrogens with zero attached hydrogens (tertiary/aromatic N) is 1. The molecule has 2 aromatic heterocycles. The van der Waals surface area contributed by atoms with E-state index in [0.29, 0.717) is 33.5 Å².